The predicted octanol–water partition coefficient (Wildman–Crippen LogP) is 2.33. The van der Waals surface area contributed by atoms with E-state index in [-0.39, 0.29) is 30.4 Å². The van der Waals surface area contributed by atoms with Gasteiger partial charge in [-0.15, -0.1) is 0 Å². The van der Waals surface area contributed by atoms with Gasteiger partial charge < -0.3 is 19.5 Å². The molecule has 0 unspecified atom stereocenters. The van der Waals surface area contributed by atoms with E-state index in [1.807, 2.05) is 26.0 Å². The number of piperidine rings is 1. The van der Waals surface area contributed by atoms with Crippen LogP contribution in [0.5, 0.6) is 5.75 Å². The summed E-state index contributed by atoms with van der Waals surface area (Å²) in [5.41, 5.74) is 0.630. The molecule has 2 amide bonds. The zero-order chi connectivity index (χ0) is 20.1. The molecule has 1 N–H and O–H groups in total. The predicted molar refractivity (Wildman–Crippen MR) is 102 cm³/mol. The van der Waals surface area contributed by atoms with Crippen molar-refractivity contribution in [1.82, 2.24) is 20.4 Å². The van der Waals surface area contributed by atoms with E-state index in [9.17, 15) is 9.59 Å². The van der Waals surface area contributed by atoms with Crippen molar-refractivity contribution < 1.29 is 18.8 Å². The smallest absolute Gasteiger partial charge is 0.253 e. The van der Waals surface area contributed by atoms with Crippen LogP contribution in [0.15, 0.2) is 28.8 Å². The number of carbonyl (C=O) groups excluding carboxylic acids is 2. The number of rotatable bonds is 6. The Kier molecular flexibility index (Phi) is 6.28. The van der Waals surface area contributed by atoms with Gasteiger partial charge in [-0.2, -0.15) is 4.98 Å². The minimum atomic E-state index is -0.116. The Balaban J connectivity index is 1.47. The lowest BCUT2D eigenvalue weighted by atomic mass is 9.95. The topological polar surface area (TPSA) is 97.6 Å². The minimum Gasteiger partial charge on any atom is -0.491 e. The summed E-state index contributed by atoms with van der Waals surface area (Å²) in [4.78, 5) is 30.9. The zero-order valence-corrected chi connectivity index (χ0v) is 16.5. The lowest BCUT2D eigenvalue weighted by Gasteiger charge is -2.31. The Morgan fingerprint density at radius 1 is 1.25 bits per heavy atom. The Hall–Kier alpha value is -2.90. The van der Waals surface area contributed by atoms with E-state index in [0.717, 1.165) is 5.75 Å². The summed E-state index contributed by atoms with van der Waals surface area (Å²) in [5.74, 6) is 1.51. The monoisotopic (exact) mass is 386 g/mol. The summed E-state index contributed by atoms with van der Waals surface area (Å²) >= 11 is 0. The van der Waals surface area contributed by atoms with Crippen LogP contribution in [0.25, 0.3) is 0 Å². The van der Waals surface area contributed by atoms with E-state index in [0.29, 0.717) is 43.2 Å². The molecule has 0 spiro atoms. The fourth-order valence-corrected chi connectivity index (χ4v) is 3.19. The fourth-order valence-electron chi connectivity index (χ4n) is 3.19. The number of hydrogen-bond donors (Lipinski definition) is 1. The summed E-state index contributed by atoms with van der Waals surface area (Å²) in [6.45, 7) is 6.99. The number of hydrogen-bond acceptors (Lipinski definition) is 6. The van der Waals surface area contributed by atoms with Gasteiger partial charge in [-0.3, -0.25) is 9.59 Å². The lowest BCUT2D eigenvalue weighted by molar-refractivity contribution is -0.126. The molecular weight excluding hydrogens is 360 g/mol. The Bertz CT molecular complexity index is 808. The number of nitrogens with zero attached hydrogens (tertiary/aromatic N) is 3. The van der Waals surface area contributed by atoms with E-state index in [4.69, 9.17) is 9.26 Å². The number of amides is 2. The van der Waals surface area contributed by atoms with Gasteiger partial charge in [0.2, 0.25) is 11.8 Å². The maximum Gasteiger partial charge on any atom is 0.253 e. The minimum absolute atomic E-state index is 0.0173. The van der Waals surface area contributed by atoms with E-state index in [2.05, 4.69) is 15.5 Å². The highest BCUT2D eigenvalue weighted by molar-refractivity contribution is 5.94. The van der Waals surface area contributed by atoms with Crippen LogP contribution in [0.2, 0.25) is 0 Å². The van der Waals surface area contributed by atoms with E-state index in [1.54, 1.807) is 24.0 Å². The number of likely N-dealkylation sites (tertiary alicyclic amines) is 1. The first-order valence-corrected chi connectivity index (χ1v) is 9.55. The van der Waals surface area contributed by atoms with Crippen LogP contribution in [0.1, 0.15) is 48.8 Å². The molecule has 1 saturated heterocycles. The number of carbonyl (C=O) groups is 2. The second-order valence-corrected chi connectivity index (χ2v) is 7.21. The SMILES string of the molecule is Cc1noc(CNC(=O)C2CCN(C(=O)c3ccc(OC(C)C)cc3)CC2)n1. The molecule has 8 heteroatoms. The number of nitrogens with one attached hydrogen (secondary N) is 1. The van der Waals surface area contributed by atoms with Crippen molar-refractivity contribution in [3.63, 3.8) is 0 Å². The van der Waals surface area contributed by atoms with Crippen molar-refractivity contribution in [3.8, 4) is 5.75 Å². The van der Waals surface area contributed by atoms with Crippen LogP contribution in [0, 0.1) is 12.8 Å². The van der Waals surface area contributed by atoms with Gasteiger partial charge in [0.05, 0.1) is 12.6 Å². The molecule has 0 atom stereocenters. The van der Waals surface area contributed by atoms with E-state index >= 15 is 0 Å². The molecule has 8 nitrogen and oxygen atoms in total. The van der Waals surface area contributed by atoms with Crippen LogP contribution < -0.4 is 10.1 Å². The van der Waals surface area contributed by atoms with Crippen LogP contribution >= 0.6 is 0 Å². The molecule has 2 heterocycles. The Morgan fingerprint density at radius 3 is 2.50 bits per heavy atom. The molecule has 3 rings (SSSR count). The van der Waals surface area contributed by atoms with Crippen molar-refractivity contribution in [2.24, 2.45) is 5.92 Å². The Morgan fingerprint density at radius 2 is 1.93 bits per heavy atom. The molecule has 150 valence electrons. The fraction of sp³-hybridized carbons (Fsp3) is 0.500. The van der Waals surface area contributed by atoms with Gasteiger partial charge in [0.15, 0.2) is 5.82 Å². The molecule has 1 aliphatic heterocycles. The third-order valence-corrected chi connectivity index (χ3v) is 4.61. The quantitative estimate of drug-likeness (QED) is 0.818. The van der Waals surface area contributed by atoms with Crippen molar-refractivity contribution in [1.29, 1.82) is 0 Å². The van der Waals surface area contributed by atoms with Crippen LogP contribution in [0.3, 0.4) is 0 Å². The van der Waals surface area contributed by atoms with E-state index < -0.39 is 0 Å². The van der Waals surface area contributed by atoms with Gasteiger partial charge >= 0.3 is 0 Å². The maximum atomic E-state index is 12.7. The van der Waals surface area contributed by atoms with Crippen LogP contribution in [-0.4, -0.2) is 46.0 Å². The second kappa shape index (κ2) is 8.86. The first kappa shape index (κ1) is 19.9. The second-order valence-electron chi connectivity index (χ2n) is 7.21. The van der Waals surface area contributed by atoms with Crippen LogP contribution in [-0.2, 0) is 11.3 Å². The van der Waals surface area contributed by atoms with Gasteiger partial charge in [0, 0.05) is 24.6 Å². The van der Waals surface area contributed by atoms with Gasteiger partial charge in [-0.25, -0.2) is 0 Å². The highest BCUT2D eigenvalue weighted by atomic mass is 16.5. The number of benzene rings is 1. The molecule has 0 aliphatic carbocycles. The zero-order valence-electron chi connectivity index (χ0n) is 16.5. The third-order valence-electron chi connectivity index (χ3n) is 4.61. The molecule has 1 aromatic heterocycles. The van der Waals surface area contributed by atoms with Gasteiger partial charge in [-0.1, -0.05) is 5.16 Å². The van der Waals surface area contributed by atoms with Crippen molar-refractivity contribution in [3.05, 3.63) is 41.5 Å². The van der Waals surface area contributed by atoms with Gasteiger partial charge in [0.1, 0.15) is 5.75 Å². The molecule has 1 fully saturated rings. The first-order valence-electron chi connectivity index (χ1n) is 9.55. The largest absolute Gasteiger partial charge is 0.491 e. The summed E-state index contributed by atoms with van der Waals surface area (Å²) in [7, 11) is 0. The summed E-state index contributed by atoms with van der Waals surface area (Å²) in [6, 6.07) is 7.19. The third kappa shape index (κ3) is 5.09. The number of aryl methyl sites for hydroxylation is 1. The Labute approximate surface area is 164 Å². The molecule has 0 bridgehead atoms. The average Bonchev–Trinajstić information content (AvgIpc) is 3.11. The van der Waals surface area contributed by atoms with Gasteiger partial charge in [0.25, 0.3) is 5.91 Å². The summed E-state index contributed by atoms with van der Waals surface area (Å²) in [5, 5.41) is 6.52. The molecule has 28 heavy (non-hydrogen) atoms. The normalized spacial score (nSPS) is 14.9. The summed E-state index contributed by atoms with van der Waals surface area (Å²) in [6.07, 6.45) is 1.36. The van der Waals surface area contributed by atoms with Crippen LogP contribution in [0.4, 0.5) is 0 Å². The lowest BCUT2D eigenvalue weighted by Crippen LogP contribution is -2.42. The molecule has 1 aromatic carbocycles. The molecule has 0 saturated carbocycles. The molecule has 0 radical (unpaired) electrons. The van der Waals surface area contributed by atoms with E-state index in [1.165, 1.54) is 0 Å². The highest BCUT2D eigenvalue weighted by Crippen LogP contribution is 2.21. The molecule has 2 aromatic rings. The maximum absolute atomic E-state index is 12.7. The van der Waals surface area contributed by atoms with Crippen molar-refractivity contribution >= 4 is 11.8 Å². The average molecular weight is 386 g/mol. The van der Waals surface area contributed by atoms with Crippen molar-refractivity contribution in [2.75, 3.05) is 13.1 Å². The van der Waals surface area contributed by atoms with Gasteiger partial charge in [-0.05, 0) is 57.9 Å². The first-order chi connectivity index (χ1) is 13.4. The number of aromatic nitrogens is 2. The summed E-state index contributed by atoms with van der Waals surface area (Å²) < 4.78 is 10.6. The molecular formula is C20H26N4O4. The number of ether oxygens (including phenoxy) is 1. The van der Waals surface area contributed by atoms with Crippen molar-refractivity contribution in [2.45, 2.75) is 46.3 Å². The standard InChI is InChI=1S/C20H26N4O4/c1-13(2)27-17-6-4-16(5-7-17)20(26)24-10-8-15(9-11-24)19(25)21-12-18-22-14(3)23-28-18/h4-7,13,15H,8-12H2,1-3H3,(H,21,25). The molecule has 1 aliphatic rings. The highest BCUT2D eigenvalue weighted by Gasteiger charge is 2.28.